The Morgan fingerprint density at radius 1 is 0.879 bits per heavy atom. The molecule has 8 heteroatoms. The molecule has 0 saturated carbocycles. The van der Waals surface area contributed by atoms with Crippen LogP contribution in [-0.4, -0.2) is 50.3 Å². The lowest BCUT2D eigenvalue weighted by molar-refractivity contribution is -0.0000378. The molecule has 0 aromatic heterocycles. The summed E-state index contributed by atoms with van der Waals surface area (Å²) in [5.41, 5.74) is 2.60. The van der Waals surface area contributed by atoms with E-state index in [1.807, 2.05) is 74.1 Å². The second-order valence-electron chi connectivity index (χ2n) is 7.97. The molecule has 0 spiro atoms. The molecule has 0 unspecified atom stereocenters. The molecule has 1 aliphatic carbocycles. The van der Waals surface area contributed by atoms with Crippen LogP contribution in [0.5, 0.6) is 0 Å². The number of carbonyl (C=O) groups is 2. The number of aromatic carboxylic acids is 2. The van der Waals surface area contributed by atoms with Crippen molar-refractivity contribution in [3.05, 3.63) is 71.1 Å². The van der Waals surface area contributed by atoms with Crippen molar-refractivity contribution in [3.63, 3.8) is 0 Å². The van der Waals surface area contributed by atoms with Crippen molar-refractivity contribution in [1.82, 2.24) is 4.58 Å². The maximum absolute atomic E-state index is 12.1. The number of hydrogen-bond acceptors (Lipinski definition) is 4. The van der Waals surface area contributed by atoms with Crippen LogP contribution in [0.1, 0.15) is 20.7 Å². The van der Waals surface area contributed by atoms with Crippen molar-refractivity contribution >= 4 is 28.6 Å². The number of fused-ring (bicyclic) bond motifs is 2. The fraction of sp³-hybridized carbons (Fsp3) is 0.160. The minimum absolute atomic E-state index is 0. The predicted molar refractivity (Wildman–Crippen MR) is 124 cm³/mol. The Balaban J connectivity index is 0.00000306. The normalized spacial score (nSPS) is 10.7. The first-order valence-corrected chi connectivity index (χ1v) is 9.97. The van der Waals surface area contributed by atoms with Crippen molar-refractivity contribution < 1.29 is 36.6 Å². The third-order valence-electron chi connectivity index (χ3n) is 5.50. The summed E-state index contributed by atoms with van der Waals surface area (Å²) in [5, 5.41) is 21.3. The van der Waals surface area contributed by atoms with Crippen molar-refractivity contribution in [1.29, 1.82) is 0 Å². The molecule has 4 rings (SSSR count). The monoisotopic (exact) mass is 466 g/mol. The highest BCUT2D eigenvalue weighted by molar-refractivity contribution is 6.13. The summed E-state index contributed by atoms with van der Waals surface area (Å²) >= 11 is 0. The lowest BCUT2D eigenvalue weighted by atomic mass is 9.87. The summed E-state index contributed by atoms with van der Waals surface area (Å²) in [5.74, 6) is -1.86. The van der Waals surface area contributed by atoms with Crippen LogP contribution in [0.25, 0.3) is 33.4 Å². The second kappa shape index (κ2) is 8.96. The number of rotatable bonds is 4. The lowest BCUT2D eigenvalue weighted by Gasteiger charge is -2.19. The minimum Gasteiger partial charge on any atom is -1.00 e. The number of carboxylic acids is 2. The van der Waals surface area contributed by atoms with E-state index in [0.29, 0.717) is 27.9 Å². The van der Waals surface area contributed by atoms with Crippen molar-refractivity contribution in [2.45, 2.75) is 0 Å². The fourth-order valence-electron chi connectivity index (χ4n) is 3.87. The first-order chi connectivity index (χ1) is 15.2. The predicted octanol–water partition coefficient (Wildman–Crippen LogP) is 0.703. The summed E-state index contributed by atoms with van der Waals surface area (Å²) in [4.78, 5) is 26.1. The van der Waals surface area contributed by atoms with Gasteiger partial charge in [-0.05, 0) is 30.3 Å². The van der Waals surface area contributed by atoms with Crippen LogP contribution in [0, 0.1) is 0 Å². The fourth-order valence-corrected chi connectivity index (χ4v) is 3.87. The SMILES string of the molecule is CN(C)c1ccc2c(-c3c(C(=O)O)cccc3C(=O)O)c3ccc(=[N+](C)C)cc-3oc2c1.[Cl-]. The molecule has 2 aromatic rings. The van der Waals surface area contributed by atoms with E-state index in [9.17, 15) is 19.8 Å². The standard InChI is InChI=1S/C25H22N2O5.ClH/c1-26(2)14-8-10-16-20(12-14)32-21-13-15(27(3)4)9-11-17(21)22(16)23-18(24(28)29)6-5-7-19(23)25(30)31;/h5-13H,1-4H3,(H-,28,29,30,31);1H. The van der Waals surface area contributed by atoms with Crippen LogP contribution < -0.4 is 27.2 Å². The minimum atomic E-state index is -1.19. The van der Waals surface area contributed by atoms with E-state index in [-0.39, 0.29) is 29.1 Å². The molecule has 0 atom stereocenters. The molecule has 2 N–H and O–H groups in total. The second-order valence-corrected chi connectivity index (χ2v) is 7.97. The molecule has 7 nitrogen and oxygen atoms in total. The number of halogens is 1. The Hall–Kier alpha value is -3.84. The molecule has 2 aliphatic rings. The van der Waals surface area contributed by atoms with Gasteiger partial charge < -0.3 is 31.9 Å². The highest BCUT2D eigenvalue weighted by Gasteiger charge is 2.26. The Kier molecular flexibility index (Phi) is 6.46. The highest BCUT2D eigenvalue weighted by Crippen LogP contribution is 2.43. The summed E-state index contributed by atoms with van der Waals surface area (Å²) in [6.45, 7) is 0. The third-order valence-corrected chi connectivity index (χ3v) is 5.50. The summed E-state index contributed by atoms with van der Waals surface area (Å²) < 4.78 is 8.18. The first kappa shape index (κ1) is 23.8. The van der Waals surface area contributed by atoms with Gasteiger partial charge in [0.2, 0.25) is 5.36 Å². The molecule has 2 aromatic carbocycles. The van der Waals surface area contributed by atoms with E-state index in [2.05, 4.69) is 0 Å². The van der Waals surface area contributed by atoms with E-state index >= 15 is 0 Å². The maximum Gasteiger partial charge on any atom is 0.336 e. The van der Waals surface area contributed by atoms with Gasteiger partial charge in [-0.1, -0.05) is 6.07 Å². The van der Waals surface area contributed by atoms with Crippen LogP contribution in [0.2, 0.25) is 0 Å². The number of anilines is 1. The zero-order chi connectivity index (χ0) is 23.2. The largest absolute Gasteiger partial charge is 1.00 e. The van der Waals surface area contributed by atoms with Gasteiger partial charge >= 0.3 is 11.9 Å². The first-order valence-electron chi connectivity index (χ1n) is 9.97. The molecular formula is C25H23ClN2O5. The topological polar surface area (TPSA) is 94.0 Å². The molecule has 1 aliphatic heterocycles. The summed E-state index contributed by atoms with van der Waals surface area (Å²) in [7, 11) is 7.65. The molecule has 1 heterocycles. The molecule has 33 heavy (non-hydrogen) atoms. The van der Waals surface area contributed by atoms with Gasteiger partial charge in [-0.3, -0.25) is 0 Å². The average Bonchev–Trinajstić information content (AvgIpc) is 2.75. The van der Waals surface area contributed by atoms with Crippen LogP contribution >= 0.6 is 0 Å². The number of benzene rings is 3. The Morgan fingerprint density at radius 2 is 1.52 bits per heavy atom. The summed E-state index contributed by atoms with van der Waals surface area (Å²) in [6, 6.07) is 15.5. The lowest BCUT2D eigenvalue weighted by Crippen LogP contribution is -3.00. The number of nitrogens with zero attached hydrogens (tertiary/aromatic N) is 2. The van der Waals surface area contributed by atoms with E-state index in [0.717, 1.165) is 11.0 Å². The molecule has 0 fully saturated rings. The Bertz CT molecular complexity index is 1400. The Labute approximate surface area is 196 Å². The van der Waals surface area contributed by atoms with Crippen molar-refractivity contribution in [3.8, 4) is 22.5 Å². The van der Waals surface area contributed by atoms with Crippen LogP contribution in [0.3, 0.4) is 0 Å². The maximum atomic E-state index is 12.1. The molecule has 0 saturated heterocycles. The van der Waals surface area contributed by atoms with Crippen molar-refractivity contribution in [2.24, 2.45) is 0 Å². The van der Waals surface area contributed by atoms with Gasteiger partial charge in [0.05, 0.1) is 17.2 Å². The van der Waals surface area contributed by atoms with Gasteiger partial charge in [0.1, 0.15) is 25.4 Å². The highest BCUT2D eigenvalue weighted by atomic mass is 35.5. The van der Waals surface area contributed by atoms with Crippen LogP contribution in [0.15, 0.2) is 59.0 Å². The molecule has 0 amide bonds. The average molecular weight is 467 g/mol. The van der Waals surface area contributed by atoms with E-state index in [1.165, 1.54) is 18.2 Å². The Morgan fingerprint density at radius 3 is 2.06 bits per heavy atom. The summed E-state index contributed by atoms with van der Waals surface area (Å²) in [6.07, 6.45) is 0. The smallest absolute Gasteiger partial charge is 0.336 e. The third kappa shape index (κ3) is 4.15. The van der Waals surface area contributed by atoms with Gasteiger partial charge in [-0.25, -0.2) is 14.2 Å². The zero-order valence-corrected chi connectivity index (χ0v) is 19.3. The van der Waals surface area contributed by atoms with Gasteiger partial charge in [-0.15, -0.1) is 0 Å². The molecule has 0 bridgehead atoms. The molecule has 170 valence electrons. The number of carboxylic acid groups (broad SMARTS) is 2. The van der Waals surface area contributed by atoms with Crippen LogP contribution in [0.4, 0.5) is 5.69 Å². The van der Waals surface area contributed by atoms with Crippen LogP contribution in [-0.2, 0) is 0 Å². The molecular weight excluding hydrogens is 444 g/mol. The van der Waals surface area contributed by atoms with Gasteiger partial charge in [0, 0.05) is 54.0 Å². The van der Waals surface area contributed by atoms with E-state index < -0.39 is 11.9 Å². The van der Waals surface area contributed by atoms with Gasteiger partial charge in [0.25, 0.3) is 0 Å². The zero-order valence-electron chi connectivity index (χ0n) is 18.6. The van der Waals surface area contributed by atoms with E-state index in [4.69, 9.17) is 4.42 Å². The van der Waals surface area contributed by atoms with Gasteiger partial charge in [-0.2, -0.15) is 0 Å². The van der Waals surface area contributed by atoms with Gasteiger partial charge in [0.15, 0.2) is 0 Å². The van der Waals surface area contributed by atoms with Crippen molar-refractivity contribution in [2.75, 3.05) is 33.1 Å². The van der Waals surface area contributed by atoms with E-state index in [1.54, 1.807) is 0 Å². The number of hydrogen-bond donors (Lipinski definition) is 2. The quantitative estimate of drug-likeness (QED) is 0.340. The molecule has 0 radical (unpaired) electrons.